The summed E-state index contributed by atoms with van der Waals surface area (Å²) in [6.45, 7) is 2.48. The molecule has 0 amide bonds. The summed E-state index contributed by atoms with van der Waals surface area (Å²) in [7, 11) is 0. The van der Waals surface area contributed by atoms with Gasteiger partial charge in [-0.3, -0.25) is 4.90 Å². The lowest BCUT2D eigenvalue weighted by atomic mass is 9.90. The number of hydrogen-bond donors (Lipinski definition) is 1. The van der Waals surface area contributed by atoms with E-state index in [9.17, 15) is 0 Å². The maximum atomic E-state index is 6.39. The molecule has 1 aliphatic heterocycles. The van der Waals surface area contributed by atoms with Crippen molar-refractivity contribution >= 4 is 28.6 Å². The van der Waals surface area contributed by atoms with E-state index >= 15 is 0 Å². The highest BCUT2D eigenvalue weighted by Gasteiger charge is 2.29. The Morgan fingerprint density at radius 2 is 1.51 bits per heavy atom. The van der Waals surface area contributed by atoms with Gasteiger partial charge in [-0.25, -0.2) is 9.97 Å². The first-order valence-electron chi connectivity index (χ1n) is 12.5. The van der Waals surface area contributed by atoms with Gasteiger partial charge in [-0.15, -0.1) is 0 Å². The topological polar surface area (TPSA) is 69.2 Å². The zero-order valence-electron chi connectivity index (χ0n) is 19.8. The van der Waals surface area contributed by atoms with Crippen LogP contribution in [0.2, 0.25) is 0 Å². The molecule has 0 spiro atoms. The van der Waals surface area contributed by atoms with E-state index < -0.39 is 0 Å². The Morgan fingerprint density at radius 1 is 0.829 bits per heavy atom. The van der Waals surface area contributed by atoms with E-state index in [0.29, 0.717) is 11.9 Å². The molecule has 2 aromatic heterocycles. The molecule has 1 saturated carbocycles. The molecule has 0 bridgehead atoms. The fourth-order valence-electron chi connectivity index (χ4n) is 5.58. The molecule has 1 aliphatic carbocycles. The number of para-hydroxylation sites is 1. The lowest BCUT2D eigenvalue weighted by molar-refractivity contribution is 0.151. The van der Waals surface area contributed by atoms with E-state index in [0.717, 1.165) is 39.7 Å². The number of nitrogen functional groups attached to an aromatic ring is 1. The van der Waals surface area contributed by atoms with Crippen molar-refractivity contribution in [3.05, 3.63) is 67.1 Å². The van der Waals surface area contributed by atoms with Gasteiger partial charge in [0.25, 0.3) is 0 Å². The predicted octanol–water partition coefficient (Wildman–Crippen LogP) is 6.01. The monoisotopic (exact) mass is 485 g/mol. The van der Waals surface area contributed by atoms with Gasteiger partial charge in [0.15, 0.2) is 0 Å². The zero-order chi connectivity index (χ0) is 23.6. The van der Waals surface area contributed by atoms with Gasteiger partial charge in [0, 0.05) is 48.4 Å². The number of nitrogens with two attached hydrogens (primary N) is 1. The number of rotatable bonds is 5. The Labute approximate surface area is 210 Å². The van der Waals surface area contributed by atoms with E-state index in [1.807, 2.05) is 42.5 Å². The Morgan fingerprint density at radius 3 is 2.26 bits per heavy atom. The van der Waals surface area contributed by atoms with Crippen LogP contribution in [0.25, 0.3) is 22.2 Å². The minimum absolute atomic E-state index is 0.441. The molecule has 2 aliphatic rings. The smallest absolute Gasteiger partial charge is 0.146 e. The quantitative estimate of drug-likeness (QED) is 0.374. The van der Waals surface area contributed by atoms with Gasteiger partial charge in [-0.05, 0) is 55.5 Å². The molecule has 7 heteroatoms. The molecule has 4 aromatic rings. The highest BCUT2D eigenvalue weighted by molar-refractivity contribution is 7.99. The van der Waals surface area contributed by atoms with Crippen LogP contribution in [0.15, 0.2) is 67.1 Å². The van der Waals surface area contributed by atoms with Crippen LogP contribution >= 0.6 is 11.8 Å². The predicted molar refractivity (Wildman–Crippen MR) is 144 cm³/mol. The lowest BCUT2D eigenvalue weighted by Crippen LogP contribution is -2.43. The molecule has 180 valence electrons. The summed E-state index contributed by atoms with van der Waals surface area (Å²) >= 11 is 2.08. The Kier molecular flexibility index (Phi) is 6.35. The molecular weight excluding hydrogens is 454 g/mol. The van der Waals surface area contributed by atoms with Gasteiger partial charge in [0.05, 0.1) is 5.39 Å². The molecular formula is C28H31N5OS. The minimum atomic E-state index is 0.441. The van der Waals surface area contributed by atoms with Crippen molar-refractivity contribution in [3.8, 4) is 22.6 Å². The van der Waals surface area contributed by atoms with Crippen LogP contribution in [-0.2, 0) is 0 Å². The summed E-state index contributed by atoms with van der Waals surface area (Å²) in [5.41, 5.74) is 9.51. The summed E-state index contributed by atoms with van der Waals surface area (Å²) in [6.07, 6.45) is 8.67. The van der Waals surface area contributed by atoms with Crippen LogP contribution in [0.1, 0.15) is 31.7 Å². The molecule has 0 radical (unpaired) electrons. The number of anilines is 1. The van der Waals surface area contributed by atoms with Crippen molar-refractivity contribution < 1.29 is 4.74 Å². The molecule has 2 N–H and O–H groups in total. The zero-order valence-corrected chi connectivity index (χ0v) is 20.7. The van der Waals surface area contributed by atoms with Gasteiger partial charge < -0.3 is 15.0 Å². The van der Waals surface area contributed by atoms with Gasteiger partial charge in [-0.1, -0.05) is 30.3 Å². The second kappa shape index (κ2) is 9.91. The molecule has 0 unspecified atom stereocenters. The number of aromatic nitrogens is 3. The highest BCUT2D eigenvalue weighted by Crippen LogP contribution is 2.39. The first kappa shape index (κ1) is 22.4. The number of benzene rings is 2. The third-order valence-corrected chi connectivity index (χ3v) is 8.35. The summed E-state index contributed by atoms with van der Waals surface area (Å²) in [6, 6.07) is 19.2. The molecule has 35 heavy (non-hydrogen) atoms. The van der Waals surface area contributed by atoms with Crippen molar-refractivity contribution in [2.75, 3.05) is 30.3 Å². The third kappa shape index (κ3) is 4.62. The Hall–Kier alpha value is -3.03. The fraction of sp³-hybridized carbons (Fsp3) is 0.357. The molecule has 0 atom stereocenters. The number of hydrogen-bond acceptors (Lipinski definition) is 6. The van der Waals surface area contributed by atoms with Gasteiger partial charge in [0.1, 0.15) is 29.3 Å². The van der Waals surface area contributed by atoms with Crippen LogP contribution < -0.4 is 10.5 Å². The maximum absolute atomic E-state index is 6.39. The second-order valence-corrected chi connectivity index (χ2v) is 10.7. The third-order valence-electron chi connectivity index (χ3n) is 7.40. The Balaban J connectivity index is 1.26. The van der Waals surface area contributed by atoms with Crippen LogP contribution in [0.5, 0.6) is 11.5 Å². The number of fused-ring (bicyclic) bond motifs is 1. The van der Waals surface area contributed by atoms with E-state index in [2.05, 4.69) is 49.5 Å². The van der Waals surface area contributed by atoms with Crippen molar-refractivity contribution in [2.45, 2.75) is 37.8 Å². The average Bonchev–Trinajstić information content (AvgIpc) is 3.31. The standard InChI is InChI=1S/C28H31N5OS/c29-27-26-25(20-6-12-24(13-7-20)34-23-4-2-1-3-5-23)18-33(28(26)31-19-30-27)22-10-8-21(9-11-22)32-14-16-35-17-15-32/h1-7,12-13,18-19,21-22H,8-11,14-17H2,(H2,29,30,31)/t21-,22+. The van der Waals surface area contributed by atoms with Gasteiger partial charge in [-0.2, -0.15) is 11.8 Å². The van der Waals surface area contributed by atoms with Gasteiger partial charge >= 0.3 is 0 Å². The molecule has 1 saturated heterocycles. The normalized spacial score (nSPS) is 21.3. The van der Waals surface area contributed by atoms with E-state index in [1.165, 1.54) is 50.3 Å². The van der Waals surface area contributed by atoms with Crippen molar-refractivity contribution in [1.82, 2.24) is 19.4 Å². The molecule has 3 heterocycles. The van der Waals surface area contributed by atoms with E-state index in [-0.39, 0.29) is 0 Å². The minimum Gasteiger partial charge on any atom is -0.457 e. The summed E-state index contributed by atoms with van der Waals surface area (Å²) in [5.74, 6) is 4.72. The summed E-state index contributed by atoms with van der Waals surface area (Å²) < 4.78 is 8.34. The second-order valence-electron chi connectivity index (χ2n) is 9.46. The average molecular weight is 486 g/mol. The van der Waals surface area contributed by atoms with Crippen LogP contribution in [0.3, 0.4) is 0 Å². The maximum Gasteiger partial charge on any atom is 0.146 e. The van der Waals surface area contributed by atoms with Crippen LogP contribution in [0, 0.1) is 0 Å². The first-order chi connectivity index (χ1) is 17.3. The summed E-state index contributed by atoms with van der Waals surface area (Å²) in [4.78, 5) is 11.7. The molecule has 2 fully saturated rings. The number of ether oxygens (including phenoxy) is 1. The Bertz CT molecular complexity index is 1280. The lowest BCUT2D eigenvalue weighted by Gasteiger charge is -2.39. The van der Waals surface area contributed by atoms with Crippen molar-refractivity contribution in [2.24, 2.45) is 0 Å². The van der Waals surface area contributed by atoms with Crippen molar-refractivity contribution in [1.29, 1.82) is 0 Å². The molecule has 6 rings (SSSR count). The molecule has 6 nitrogen and oxygen atoms in total. The fourth-order valence-corrected chi connectivity index (χ4v) is 6.51. The largest absolute Gasteiger partial charge is 0.457 e. The van der Waals surface area contributed by atoms with E-state index in [1.54, 1.807) is 6.33 Å². The van der Waals surface area contributed by atoms with Crippen LogP contribution in [-0.4, -0.2) is 50.1 Å². The van der Waals surface area contributed by atoms with E-state index in [4.69, 9.17) is 10.5 Å². The number of thioether (sulfide) groups is 1. The van der Waals surface area contributed by atoms with Crippen molar-refractivity contribution in [3.63, 3.8) is 0 Å². The highest BCUT2D eigenvalue weighted by atomic mass is 32.2. The van der Waals surface area contributed by atoms with Gasteiger partial charge in [0.2, 0.25) is 0 Å². The molecule has 2 aromatic carbocycles. The van der Waals surface area contributed by atoms with Crippen LogP contribution in [0.4, 0.5) is 5.82 Å². The summed E-state index contributed by atoms with van der Waals surface area (Å²) in [5, 5.41) is 0.944. The SMILES string of the molecule is Nc1ncnc2c1c(-c1ccc(Oc3ccccc3)cc1)cn2[C@H]1CC[C@@H](N2CCSCC2)CC1. The number of nitrogens with zero attached hydrogens (tertiary/aromatic N) is 4. The first-order valence-corrected chi connectivity index (χ1v) is 13.7.